The zero-order valence-electron chi connectivity index (χ0n) is 25.3. The first-order valence-electron chi connectivity index (χ1n) is 13.8. The van der Waals surface area contributed by atoms with Gasteiger partial charge in [0, 0.05) is 17.1 Å². The largest absolute Gasteiger partial charge is 0.497 e. The number of carbonyl (C=O) groups is 2. The van der Waals surface area contributed by atoms with Crippen molar-refractivity contribution in [3.05, 3.63) is 88.4 Å². The summed E-state index contributed by atoms with van der Waals surface area (Å²) >= 11 is 6.40. The van der Waals surface area contributed by atoms with Gasteiger partial charge in [-0.1, -0.05) is 54.4 Å². The first-order valence-corrected chi connectivity index (χ1v) is 15.6. The standard InChI is InChI=1S/C32H40ClN3O5S/c1-8-29(31(38)34-32(4,5)6)35(20-24-10-9-11-26(18-24)41-7)30(37)21-36(25-15-14-23(3)28(33)19-25)42(39,40)27-16-12-22(2)13-17-27/h9-19,29H,8,20-21H2,1-7H3,(H,34,38). The molecule has 2 amide bonds. The zero-order valence-corrected chi connectivity index (χ0v) is 26.8. The molecule has 3 aromatic carbocycles. The lowest BCUT2D eigenvalue weighted by atomic mass is 10.1. The first-order chi connectivity index (χ1) is 19.7. The van der Waals surface area contributed by atoms with Crippen molar-refractivity contribution < 1.29 is 22.7 Å². The van der Waals surface area contributed by atoms with Gasteiger partial charge in [-0.25, -0.2) is 8.42 Å². The van der Waals surface area contributed by atoms with Crippen molar-refractivity contribution in [1.29, 1.82) is 0 Å². The summed E-state index contributed by atoms with van der Waals surface area (Å²) in [5.74, 6) is -0.265. The first kappa shape index (κ1) is 32.9. The van der Waals surface area contributed by atoms with Gasteiger partial charge in [0.25, 0.3) is 10.0 Å². The van der Waals surface area contributed by atoms with Crippen LogP contribution >= 0.6 is 11.6 Å². The Morgan fingerprint density at radius 1 is 1.00 bits per heavy atom. The third kappa shape index (κ3) is 8.26. The summed E-state index contributed by atoms with van der Waals surface area (Å²) in [6.45, 7) is 10.6. The van der Waals surface area contributed by atoms with E-state index < -0.39 is 34.1 Å². The molecule has 0 aliphatic rings. The number of amides is 2. The van der Waals surface area contributed by atoms with Crippen molar-refractivity contribution in [2.45, 2.75) is 71.0 Å². The number of halogens is 1. The topological polar surface area (TPSA) is 96.0 Å². The summed E-state index contributed by atoms with van der Waals surface area (Å²) in [6.07, 6.45) is 0.318. The maximum Gasteiger partial charge on any atom is 0.264 e. The number of nitrogens with zero attached hydrogens (tertiary/aromatic N) is 2. The summed E-state index contributed by atoms with van der Waals surface area (Å²) < 4.78 is 34.4. The molecule has 1 unspecified atom stereocenters. The van der Waals surface area contributed by atoms with Crippen molar-refractivity contribution in [3.63, 3.8) is 0 Å². The normalized spacial score (nSPS) is 12.4. The predicted molar refractivity (Wildman–Crippen MR) is 167 cm³/mol. The molecule has 226 valence electrons. The van der Waals surface area contributed by atoms with Crippen molar-refractivity contribution >= 4 is 39.1 Å². The fourth-order valence-corrected chi connectivity index (χ4v) is 6.02. The van der Waals surface area contributed by atoms with E-state index in [2.05, 4.69) is 5.32 Å². The minimum absolute atomic E-state index is 0.0365. The summed E-state index contributed by atoms with van der Waals surface area (Å²) in [7, 11) is -2.64. The molecule has 0 saturated carbocycles. The lowest BCUT2D eigenvalue weighted by Crippen LogP contribution is -2.55. The van der Waals surface area contributed by atoms with Crippen molar-refractivity contribution in [2.24, 2.45) is 0 Å². The van der Waals surface area contributed by atoms with Gasteiger partial charge in [-0.3, -0.25) is 13.9 Å². The average Bonchev–Trinajstić information content (AvgIpc) is 2.92. The monoisotopic (exact) mass is 613 g/mol. The molecule has 0 saturated heterocycles. The Labute approximate surface area is 254 Å². The fraction of sp³-hybridized carbons (Fsp3) is 0.375. The molecule has 0 radical (unpaired) electrons. The number of nitrogens with one attached hydrogen (secondary N) is 1. The van der Waals surface area contributed by atoms with Crippen molar-refractivity contribution in [3.8, 4) is 5.75 Å². The number of hydrogen-bond acceptors (Lipinski definition) is 5. The summed E-state index contributed by atoms with van der Waals surface area (Å²) in [5, 5.41) is 3.34. The second-order valence-electron chi connectivity index (χ2n) is 11.3. The van der Waals surface area contributed by atoms with Crippen LogP contribution in [0, 0.1) is 13.8 Å². The maximum atomic E-state index is 14.2. The molecule has 42 heavy (non-hydrogen) atoms. The Bertz CT molecular complexity index is 1520. The number of ether oxygens (including phenoxy) is 1. The van der Waals surface area contributed by atoms with Gasteiger partial charge < -0.3 is 15.0 Å². The molecule has 0 aliphatic heterocycles. The highest BCUT2D eigenvalue weighted by molar-refractivity contribution is 7.92. The summed E-state index contributed by atoms with van der Waals surface area (Å²) in [5.41, 5.74) is 2.11. The SMILES string of the molecule is CCC(C(=O)NC(C)(C)C)N(Cc1cccc(OC)c1)C(=O)CN(c1ccc(C)c(Cl)c1)S(=O)(=O)c1ccc(C)cc1. The number of anilines is 1. The van der Waals surface area contributed by atoms with Crippen LogP contribution in [0.5, 0.6) is 5.75 Å². The Morgan fingerprint density at radius 2 is 1.67 bits per heavy atom. The van der Waals surface area contributed by atoms with E-state index in [-0.39, 0.29) is 23.0 Å². The number of aryl methyl sites for hydroxylation is 2. The highest BCUT2D eigenvalue weighted by Crippen LogP contribution is 2.29. The molecule has 1 atom stereocenters. The van der Waals surface area contributed by atoms with Crippen LogP contribution < -0.4 is 14.4 Å². The fourth-order valence-electron chi connectivity index (χ4n) is 4.44. The number of sulfonamides is 1. The second kappa shape index (κ2) is 13.6. The smallest absolute Gasteiger partial charge is 0.264 e. The minimum Gasteiger partial charge on any atom is -0.497 e. The zero-order chi connectivity index (χ0) is 31.2. The van der Waals surface area contributed by atoms with Crippen molar-refractivity contribution in [2.75, 3.05) is 18.0 Å². The van der Waals surface area contributed by atoms with Crippen LogP contribution in [0.25, 0.3) is 0 Å². The van der Waals surface area contributed by atoms with Gasteiger partial charge in [0.15, 0.2) is 0 Å². The predicted octanol–water partition coefficient (Wildman–Crippen LogP) is 5.88. The van der Waals surface area contributed by atoms with E-state index >= 15 is 0 Å². The van der Waals surface area contributed by atoms with Gasteiger partial charge in [0.2, 0.25) is 11.8 Å². The number of hydrogen-bond donors (Lipinski definition) is 1. The highest BCUT2D eigenvalue weighted by Gasteiger charge is 2.34. The van der Waals surface area contributed by atoms with Crippen LogP contribution in [0.4, 0.5) is 5.69 Å². The van der Waals surface area contributed by atoms with Gasteiger partial charge in [-0.15, -0.1) is 0 Å². The molecule has 0 spiro atoms. The van der Waals surface area contributed by atoms with E-state index in [4.69, 9.17) is 16.3 Å². The molecule has 10 heteroatoms. The molecular formula is C32H40ClN3O5S. The molecular weight excluding hydrogens is 574 g/mol. The van der Waals surface area contributed by atoms with Crippen LogP contribution in [-0.2, 0) is 26.2 Å². The summed E-state index contributed by atoms with van der Waals surface area (Å²) in [4.78, 5) is 29.1. The van der Waals surface area contributed by atoms with Crippen LogP contribution in [-0.4, -0.2) is 50.4 Å². The Hall–Kier alpha value is -3.56. The van der Waals surface area contributed by atoms with Gasteiger partial charge in [0.1, 0.15) is 18.3 Å². The van der Waals surface area contributed by atoms with Crippen LogP contribution in [0.1, 0.15) is 50.8 Å². The molecule has 0 aliphatic carbocycles. The lowest BCUT2D eigenvalue weighted by Gasteiger charge is -2.35. The molecule has 1 N–H and O–H groups in total. The summed E-state index contributed by atoms with van der Waals surface area (Å²) in [6, 6.07) is 17.6. The van der Waals surface area contributed by atoms with E-state index in [1.807, 2.05) is 47.6 Å². The van der Waals surface area contributed by atoms with E-state index in [0.717, 1.165) is 21.0 Å². The molecule has 3 rings (SSSR count). The Kier molecular flexibility index (Phi) is 10.7. The van der Waals surface area contributed by atoms with Gasteiger partial charge in [-0.2, -0.15) is 0 Å². The van der Waals surface area contributed by atoms with Gasteiger partial charge in [0.05, 0.1) is 17.7 Å². The van der Waals surface area contributed by atoms with Crippen LogP contribution in [0.15, 0.2) is 71.6 Å². The molecule has 3 aromatic rings. The number of benzene rings is 3. The Morgan fingerprint density at radius 3 is 2.24 bits per heavy atom. The van der Waals surface area contributed by atoms with Crippen LogP contribution in [0.2, 0.25) is 5.02 Å². The minimum atomic E-state index is -4.19. The molecule has 0 fully saturated rings. The van der Waals surface area contributed by atoms with E-state index in [0.29, 0.717) is 17.2 Å². The third-order valence-electron chi connectivity index (χ3n) is 6.70. The third-order valence-corrected chi connectivity index (χ3v) is 8.90. The second-order valence-corrected chi connectivity index (χ2v) is 13.6. The Balaban J connectivity index is 2.11. The van der Waals surface area contributed by atoms with Gasteiger partial charge >= 0.3 is 0 Å². The molecule has 8 nitrogen and oxygen atoms in total. The maximum absolute atomic E-state index is 14.2. The number of methoxy groups -OCH3 is 1. The molecule has 0 heterocycles. The number of rotatable bonds is 11. The molecule has 0 aromatic heterocycles. The van der Waals surface area contributed by atoms with E-state index in [9.17, 15) is 18.0 Å². The molecule has 0 bridgehead atoms. The quantitative estimate of drug-likeness (QED) is 0.291. The number of carbonyl (C=O) groups excluding carboxylic acids is 2. The van der Waals surface area contributed by atoms with Crippen molar-refractivity contribution in [1.82, 2.24) is 10.2 Å². The van der Waals surface area contributed by atoms with E-state index in [1.165, 1.54) is 23.1 Å². The lowest BCUT2D eigenvalue weighted by molar-refractivity contribution is -0.141. The highest BCUT2D eigenvalue weighted by atomic mass is 35.5. The van der Waals surface area contributed by atoms with Crippen LogP contribution in [0.3, 0.4) is 0 Å². The van der Waals surface area contributed by atoms with E-state index in [1.54, 1.807) is 49.6 Å². The average molecular weight is 614 g/mol. The van der Waals surface area contributed by atoms with Gasteiger partial charge in [-0.05, 0) is 88.6 Å².